The fourth-order valence-corrected chi connectivity index (χ4v) is 5.42. The van der Waals surface area contributed by atoms with Crippen molar-refractivity contribution in [3.63, 3.8) is 0 Å². The number of hydrogen-bond acceptors (Lipinski definition) is 5. The molecule has 1 aliphatic rings. The van der Waals surface area contributed by atoms with Crippen molar-refractivity contribution in [2.75, 3.05) is 18.4 Å². The van der Waals surface area contributed by atoms with Crippen LogP contribution in [-0.2, 0) is 12.1 Å². The lowest BCUT2D eigenvalue weighted by Crippen LogP contribution is -2.47. The van der Waals surface area contributed by atoms with E-state index in [-0.39, 0.29) is 16.2 Å². The molecule has 0 bridgehead atoms. The number of nitrogens with one attached hydrogen (secondary N) is 2. The fraction of sp³-hybridized carbons (Fsp3) is 0.409. The normalized spacial score (nSPS) is 20.1. The van der Waals surface area contributed by atoms with Gasteiger partial charge in [0.1, 0.15) is 23.6 Å². The van der Waals surface area contributed by atoms with E-state index in [9.17, 15) is 18.0 Å². The maximum absolute atomic E-state index is 14.7. The van der Waals surface area contributed by atoms with Crippen LogP contribution in [-0.4, -0.2) is 37.9 Å². The van der Waals surface area contributed by atoms with Gasteiger partial charge in [0.05, 0.1) is 17.0 Å². The van der Waals surface area contributed by atoms with E-state index >= 15 is 0 Å². The highest BCUT2D eigenvalue weighted by Gasteiger charge is 2.32. The molecule has 10 heteroatoms. The average molecular weight is 462 g/mol. The number of hydrogen-bond donors (Lipinski definition) is 2. The highest BCUT2D eigenvalue weighted by atomic mass is 28.1. The number of pyridine rings is 1. The molecule has 32 heavy (non-hydrogen) atoms. The molecule has 4 rings (SSSR count). The van der Waals surface area contributed by atoms with Gasteiger partial charge in [0.25, 0.3) is 12.0 Å². The smallest absolute Gasteiger partial charge is 0.266 e. The third kappa shape index (κ3) is 3.92. The van der Waals surface area contributed by atoms with E-state index < -0.39 is 23.8 Å². The number of rotatable bonds is 5. The molecular weight excluding hydrogens is 435 g/mol. The first-order valence-corrected chi connectivity index (χ1v) is 11.6. The molecule has 1 saturated heterocycles. The summed E-state index contributed by atoms with van der Waals surface area (Å²) in [6, 6.07) is 5.19. The maximum Gasteiger partial charge on any atom is 0.266 e. The second kappa shape index (κ2) is 8.66. The van der Waals surface area contributed by atoms with Crippen molar-refractivity contribution in [1.82, 2.24) is 19.9 Å². The Bertz CT molecular complexity index is 1210. The number of alkyl halides is 2. The van der Waals surface area contributed by atoms with Gasteiger partial charge >= 0.3 is 0 Å². The van der Waals surface area contributed by atoms with E-state index in [0.717, 1.165) is 47.8 Å². The lowest BCUT2D eigenvalue weighted by molar-refractivity contribution is 0.146. The molecule has 2 N–H and O–H groups in total. The van der Waals surface area contributed by atoms with Crippen LogP contribution in [0.2, 0.25) is 0 Å². The minimum absolute atomic E-state index is 0.0791. The number of halogens is 3. The highest BCUT2D eigenvalue weighted by molar-refractivity contribution is 6.16. The van der Waals surface area contributed by atoms with E-state index in [2.05, 4.69) is 20.6 Å². The minimum atomic E-state index is -2.90. The lowest BCUT2D eigenvalue weighted by atomic mass is 9.90. The number of aryl methyl sites for hydroxylation is 1. The molecule has 1 aliphatic heterocycles. The number of fused-ring (bicyclic) bond motifs is 1. The molecule has 170 valence electrons. The molecule has 3 heterocycles. The summed E-state index contributed by atoms with van der Waals surface area (Å²) in [5.74, 6) is -0.504. The van der Waals surface area contributed by atoms with Crippen LogP contribution in [0.4, 0.5) is 19.0 Å². The molecule has 2 atom stereocenters. The average Bonchev–Trinajstić information content (AvgIpc) is 2.76. The molecule has 1 aromatic carbocycles. The zero-order valence-electron chi connectivity index (χ0n) is 18.3. The molecule has 3 aromatic rings. The predicted molar refractivity (Wildman–Crippen MR) is 122 cm³/mol. The molecular formula is C22H26F3N5OSi. The summed E-state index contributed by atoms with van der Waals surface area (Å²) in [5, 5.41) is 6.98. The molecule has 6 nitrogen and oxygen atoms in total. The SMILES string of the molecule is C[C@@H](Nc1ncnc2c1cc([C@@]1([SiH3])CCCNC1)c(=O)n2C)c1cccc(C(F)F)c1F. The van der Waals surface area contributed by atoms with Gasteiger partial charge in [-0.3, -0.25) is 9.36 Å². The van der Waals surface area contributed by atoms with Crippen molar-refractivity contribution in [2.24, 2.45) is 7.05 Å². The summed E-state index contributed by atoms with van der Waals surface area (Å²) in [6.45, 7) is 3.37. The first-order valence-electron chi connectivity index (χ1n) is 10.6. The summed E-state index contributed by atoms with van der Waals surface area (Å²) in [7, 11) is 2.49. The lowest BCUT2D eigenvalue weighted by Gasteiger charge is -2.34. The first kappa shape index (κ1) is 22.5. The Morgan fingerprint density at radius 1 is 1.28 bits per heavy atom. The van der Waals surface area contributed by atoms with Gasteiger partial charge in [0.2, 0.25) is 0 Å². The predicted octanol–water partition coefficient (Wildman–Crippen LogP) is 2.52. The standard InChI is InChI=1S/C22H26F3N5OSi/c1-12(13-5-3-6-14(17(13)23)18(24)25)29-19-15-9-16(22(32)7-4-8-26-10-22)21(31)30(2)20(15)28-11-27-19/h3,5-6,9,11-12,18,26H,4,7-8,10H2,1-2,32H3,(H,27,28,29)/t12-,22-/m1/s1. The van der Waals surface area contributed by atoms with Crippen LogP contribution in [0.3, 0.4) is 0 Å². The molecule has 0 spiro atoms. The van der Waals surface area contributed by atoms with Gasteiger partial charge in [-0.1, -0.05) is 18.2 Å². The van der Waals surface area contributed by atoms with E-state index in [4.69, 9.17) is 0 Å². The molecule has 0 unspecified atom stereocenters. The van der Waals surface area contributed by atoms with Crippen molar-refractivity contribution >= 4 is 27.1 Å². The third-order valence-corrected chi connectivity index (χ3v) is 7.76. The Kier molecular flexibility index (Phi) is 6.08. The monoisotopic (exact) mass is 461 g/mol. The van der Waals surface area contributed by atoms with Gasteiger partial charge in [0.15, 0.2) is 0 Å². The van der Waals surface area contributed by atoms with E-state index in [0.29, 0.717) is 16.9 Å². The molecule has 0 aliphatic carbocycles. The number of benzene rings is 1. The van der Waals surface area contributed by atoms with Crippen LogP contribution in [0.1, 0.15) is 48.9 Å². The van der Waals surface area contributed by atoms with Gasteiger partial charge < -0.3 is 10.6 Å². The maximum atomic E-state index is 14.7. The van der Waals surface area contributed by atoms with Gasteiger partial charge in [-0.2, -0.15) is 0 Å². The Morgan fingerprint density at radius 2 is 2.03 bits per heavy atom. The molecule has 1 fully saturated rings. The van der Waals surface area contributed by atoms with Gasteiger partial charge in [-0.25, -0.2) is 23.1 Å². The summed E-state index contributed by atoms with van der Waals surface area (Å²) < 4.78 is 42.4. The number of nitrogens with zero attached hydrogens (tertiary/aromatic N) is 3. The molecule has 2 aromatic heterocycles. The summed E-state index contributed by atoms with van der Waals surface area (Å²) in [6.07, 6.45) is 0.373. The van der Waals surface area contributed by atoms with E-state index in [1.165, 1.54) is 23.0 Å². The Balaban J connectivity index is 1.79. The summed E-state index contributed by atoms with van der Waals surface area (Å²) in [5.41, 5.74) is 0.595. The second-order valence-corrected chi connectivity index (χ2v) is 10.6. The number of anilines is 1. The van der Waals surface area contributed by atoms with Crippen molar-refractivity contribution in [3.05, 3.63) is 63.5 Å². The third-order valence-electron chi connectivity index (χ3n) is 6.37. The zero-order valence-corrected chi connectivity index (χ0v) is 20.3. The Hall–Kier alpha value is -2.72. The summed E-state index contributed by atoms with van der Waals surface area (Å²) in [4.78, 5) is 21.8. The van der Waals surface area contributed by atoms with Crippen molar-refractivity contribution in [1.29, 1.82) is 0 Å². The molecule has 0 saturated carbocycles. The summed E-state index contributed by atoms with van der Waals surface area (Å²) >= 11 is 0. The Morgan fingerprint density at radius 3 is 2.72 bits per heavy atom. The van der Waals surface area contributed by atoms with Crippen LogP contribution in [0, 0.1) is 5.82 Å². The minimum Gasteiger partial charge on any atom is -0.363 e. The van der Waals surface area contributed by atoms with Crippen LogP contribution >= 0.6 is 0 Å². The zero-order chi connectivity index (χ0) is 23.0. The van der Waals surface area contributed by atoms with Crippen molar-refractivity contribution in [2.45, 2.75) is 37.3 Å². The van der Waals surface area contributed by atoms with Crippen molar-refractivity contribution < 1.29 is 13.2 Å². The quantitative estimate of drug-likeness (QED) is 0.572. The van der Waals surface area contributed by atoms with Gasteiger partial charge in [-0.15, -0.1) is 0 Å². The first-order chi connectivity index (χ1) is 15.2. The fourth-order valence-electron chi connectivity index (χ4n) is 4.46. The van der Waals surface area contributed by atoms with E-state index in [1.54, 1.807) is 14.0 Å². The number of aromatic nitrogens is 3. The van der Waals surface area contributed by atoms with Crippen LogP contribution in [0.15, 0.2) is 35.4 Å². The van der Waals surface area contributed by atoms with Crippen LogP contribution < -0.4 is 16.2 Å². The highest BCUT2D eigenvalue weighted by Crippen LogP contribution is 2.32. The van der Waals surface area contributed by atoms with Crippen LogP contribution in [0.5, 0.6) is 0 Å². The Labute approximate surface area is 186 Å². The van der Waals surface area contributed by atoms with Crippen LogP contribution in [0.25, 0.3) is 11.0 Å². The molecule has 0 amide bonds. The van der Waals surface area contributed by atoms with Gasteiger partial charge in [0, 0.05) is 35.0 Å². The molecule has 0 radical (unpaired) electrons. The van der Waals surface area contributed by atoms with E-state index in [1.807, 2.05) is 6.07 Å². The number of piperidine rings is 1. The largest absolute Gasteiger partial charge is 0.363 e. The topological polar surface area (TPSA) is 71.8 Å². The van der Waals surface area contributed by atoms with Gasteiger partial charge in [-0.05, 0) is 37.4 Å². The second-order valence-electron chi connectivity index (χ2n) is 8.64. The van der Waals surface area contributed by atoms with Crippen molar-refractivity contribution in [3.8, 4) is 0 Å².